The topological polar surface area (TPSA) is 63.2 Å². The first kappa shape index (κ1) is 20.3. The third kappa shape index (κ3) is 2.78. The smallest absolute Gasteiger partial charge is 0.191 e. The van der Waals surface area contributed by atoms with E-state index in [1.54, 1.807) is 0 Å². The lowest BCUT2D eigenvalue weighted by atomic mass is 9.62. The largest absolute Gasteiger partial charge is 0.352 e. The van der Waals surface area contributed by atoms with Crippen molar-refractivity contribution in [1.82, 2.24) is 0 Å². The number of rotatable bonds is 7. The summed E-state index contributed by atoms with van der Waals surface area (Å²) in [5, 5.41) is 0. The van der Waals surface area contributed by atoms with Gasteiger partial charge in [-0.3, -0.25) is 4.79 Å². The molecule has 2 saturated carbocycles. The summed E-state index contributed by atoms with van der Waals surface area (Å²) in [6.07, 6.45) is 1.46. The van der Waals surface area contributed by atoms with Gasteiger partial charge < -0.3 is 23.7 Å². The van der Waals surface area contributed by atoms with Crippen molar-refractivity contribution in [3.63, 3.8) is 0 Å². The fraction of sp³-hybridized carbons (Fsp3) is 0.720. The molecule has 0 N–H and O–H groups in total. The Morgan fingerprint density at radius 1 is 1.16 bits per heavy atom. The molecular formula is C25H32O6. The summed E-state index contributed by atoms with van der Waals surface area (Å²) < 4.78 is 31.5. The highest BCUT2D eigenvalue weighted by Gasteiger charge is 2.73. The first-order chi connectivity index (χ1) is 15.0. The van der Waals surface area contributed by atoms with E-state index < -0.39 is 12.1 Å². The molecule has 11 atom stereocenters. The SMILES string of the molecule is CCCC1C(=O)C2C(C)C(OC3C4COC5OC4C3C5C)OC12OCc1ccccc1. The molecule has 2 bridgehead atoms. The number of carbonyl (C=O) groups excluding carboxylic acids is 1. The summed E-state index contributed by atoms with van der Waals surface area (Å²) in [7, 11) is 0. The van der Waals surface area contributed by atoms with Crippen molar-refractivity contribution in [2.24, 2.45) is 35.5 Å². The number of carbonyl (C=O) groups is 1. The van der Waals surface area contributed by atoms with Crippen LogP contribution in [0, 0.1) is 35.5 Å². The second-order valence-corrected chi connectivity index (χ2v) is 10.1. The predicted molar refractivity (Wildman–Crippen MR) is 111 cm³/mol. The van der Waals surface area contributed by atoms with E-state index in [0.717, 1.165) is 18.4 Å². The molecule has 5 aliphatic rings. The van der Waals surface area contributed by atoms with E-state index in [1.165, 1.54) is 0 Å². The number of hydrogen-bond donors (Lipinski definition) is 0. The Morgan fingerprint density at radius 3 is 2.74 bits per heavy atom. The van der Waals surface area contributed by atoms with Crippen LogP contribution in [-0.4, -0.2) is 43.0 Å². The Kier molecular flexibility index (Phi) is 4.82. The normalized spacial score (nSPS) is 49.5. The summed E-state index contributed by atoms with van der Waals surface area (Å²) >= 11 is 0. The fourth-order valence-corrected chi connectivity index (χ4v) is 6.72. The molecule has 31 heavy (non-hydrogen) atoms. The van der Waals surface area contributed by atoms with Crippen LogP contribution in [0.15, 0.2) is 30.3 Å². The number of Topliss-reactive ketones (excluding diaryl/α,β-unsaturated/α-hetero) is 1. The molecule has 6 heteroatoms. The third-order valence-electron chi connectivity index (χ3n) is 8.38. The number of fused-ring (bicyclic) bond motifs is 2. The van der Waals surface area contributed by atoms with Crippen molar-refractivity contribution in [2.75, 3.05) is 6.61 Å². The van der Waals surface area contributed by atoms with Crippen molar-refractivity contribution in [1.29, 1.82) is 0 Å². The second kappa shape index (κ2) is 7.35. The molecule has 0 radical (unpaired) electrons. The highest BCUT2D eigenvalue weighted by molar-refractivity contribution is 5.93. The number of ether oxygens (including phenoxy) is 5. The Labute approximate surface area is 183 Å². The summed E-state index contributed by atoms with van der Waals surface area (Å²) in [5.74, 6) is -0.211. The van der Waals surface area contributed by atoms with Gasteiger partial charge in [-0.15, -0.1) is 0 Å². The quantitative estimate of drug-likeness (QED) is 0.662. The van der Waals surface area contributed by atoms with Crippen molar-refractivity contribution in [3.05, 3.63) is 35.9 Å². The van der Waals surface area contributed by atoms with Gasteiger partial charge in [-0.2, -0.15) is 0 Å². The van der Waals surface area contributed by atoms with Crippen LogP contribution in [0.5, 0.6) is 0 Å². The van der Waals surface area contributed by atoms with Gasteiger partial charge in [0.25, 0.3) is 0 Å². The highest BCUT2D eigenvalue weighted by Crippen LogP contribution is 2.60. The van der Waals surface area contributed by atoms with E-state index in [-0.39, 0.29) is 48.0 Å². The van der Waals surface area contributed by atoms with E-state index in [9.17, 15) is 4.79 Å². The Morgan fingerprint density at radius 2 is 1.97 bits per heavy atom. The molecule has 11 unspecified atom stereocenters. The van der Waals surface area contributed by atoms with Crippen LogP contribution in [0.1, 0.15) is 39.2 Å². The molecule has 3 aliphatic heterocycles. The first-order valence-electron chi connectivity index (χ1n) is 11.9. The van der Waals surface area contributed by atoms with Gasteiger partial charge in [0, 0.05) is 23.7 Å². The zero-order valence-corrected chi connectivity index (χ0v) is 18.4. The van der Waals surface area contributed by atoms with E-state index in [0.29, 0.717) is 25.0 Å². The van der Waals surface area contributed by atoms with Crippen molar-refractivity contribution >= 4 is 5.78 Å². The van der Waals surface area contributed by atoms with E-state index in [4.69, 9.17) is 23.7 Å². The molecule has 3 heterocycles. The molecule has 168 valence electrons. The maximum absolute atomic E-state index is 13.1. The Hall–Kier alpha value is -1.31. The van der Waals surface area contributed by atoms with Gasteiger partial charge in [-0.25, -0.2) is 0 Å². The third-order valence-corrected chi connectivity index (χ3v) is 8.38. The number of hydrogen-bond acceptors (Lipinski definition) is 6. The summed E-state index contributed by atoms with van der Waals surface area (Å²) in [6.45, 7) is 7.47. The molecule has 0 amide bonds. The number of ketones is 1. The zero-order valence-electron chi connectivity index (χ0n) is 18.4. The van der Waals surface area contributed by atoms with Crippen LogP contribution in [0.25, 0.3) is 0 Å². The summed E-state index contributed by atoms with van der Waals surface area (Å²) in [6, 6.07) is 10.1. The van der Waals surface area contributed by atoms with Gasteiger partial charge >= 0.3 is 0 Å². The molecular weight excluding hydrogens is 396 g/mol. The Balaban J connectivity index is 1.21. The van der Waals surface area contributed by atoms with E-state index in [1.807, 2.05) is 30.3 Å². The lowest BCUT2D eigenvalue weighted by Crippen LogP contribution is -2.64. The van der Waals surface area contributed by atoms with Crippen LogP contribution in [-0.2, 0) is 35.1 Å². The standard InChI is InChI=1S/C25H32O6/c1-4-8-17-20(26)19-14(3)24(31-25(17,19)28-11-15-9-6-5-7-10-15)30-22-16-12-27-23-13(2)18(22)21(16)29-23/h5-7,9-10,13-14,16-19,21-24H,4,8,11-12H2,1-3H3. The fourth-order valence-electron chi connectivity index (χ4n) is 6.72. The van der Waals surface area contributed by atoms with Gasteiger partial charge in [0.05, 0.1) is 37.3 Å². The molecule has 3 saturated heterocycles. The van der Waals surface area contributed by atoms with Gasteiger partial charge in [-0.05, 0) is 12.0 Å². The average Bonchev–Trinajstić information content (AvgIpc) is 3.07. The summed E-state index contributed by atoms with van der Waals surface area (Å²) in [5.41, 5.74) is 1.08. The van der Waals surface area contributed by atoms with Crippen LogP contribution >= 0.6 is 0 Å². The summed E-state index contributed by atoms with van der Waals surface area (Å²) in [4.78, 5) is 13.1. The minimum Gasteiger partial charge on any atom is -0.352 e. The van der Waals surface area contributed by atoms with Crippen molar-refractivity contribution < 1.29 is 28.5 Å². The van der Waals surface area contributed by atoms with Crippen LogP contribution < -0.4 is 0 Å². The van der Waals surface area contributed by atoms with Gasteiger partial charge in [0.1, 0.15) is 5.78 Å². The van der Waals surface area contributed by atoms with E-state index >= 15 is 0 Å². The molecule has 5 fully saturated rings. The van der Waals surface area contributed by atoms with Gasteiger partial charge in [0.2, 0.25) is 0 Å². The average molecular weight is 429 g/mol. The minimum absolute atomic E-state index is 0.0359. The molecule has 0 spiro atoms. The molecule has 6 nitrogen and oxygen atoms in total. The monoisotopic (exact) mass is 428 g/mol. The zero-order chi connectivity index (χ0) is 21.3. The minimum atomic E-state index is -0.872. The van der Waals surface area contributed by atoms with Gasteiger partial charge in [0.15, 0.2) is 18.4 Å². The maximum atomic E-state index is 13.1. The molecule has 6 rings (SSSR count). The second-order valence-electron chi connectivity index (χ2n) is 10.1. The molecule has 2 aliphatic carbocycles. The molecule has 1 aromatic carbocycles. The lowest BCUT2D eigenvalue weighted by Gasteiger charge is -2.49. The van der Waals surface area contributed by atoms with E-state index in [2.05, 4.69) is 20.8 Å². The Bertz CT molecular complexity index is 842. The maximum Gasteiger partial charge on any atom is 0.191 e. The van der Waals surface area contributed by atoms with Crippen LogP contribution in [0.3, 0.4) is 0 Å². The van der Waals surface area contributed by atoms with Crippen molar-refractivity contribution in [2.45, 2.75) is 70.8 Å². The van der Waals surface area contributed by atoms with Gasteiger partial charge in [-0.1, -0.05) is 57.5 Å². The first-order valence-corrected chi connectivity index (χ1v) is 11.9. The van der Waals surface area contributed by atoms with Crippen molar-refractivity contribution in [3.8, 4) is 0 Å². The van der Waals surface area contributed by atoms with Crippen LogP contribution in [0.4, 0.5) is 0 Å². The molecule has 0 aromatic heterocycles. The predicted octanol–water partition coefficient (Wildman–Crippen LogP) is 3.53. The highest BCUT2D eigenvalue weighted by atomic mass is 16.8. The number of benzene rings is 1. The molecule has 1 aromatic rings. The lowest BCUT2D eigenvalue weighted by molar-refractivity contribution is -0.345. The van der Waals surface area contributed by atoms with Crippen LogP contribution in [0.2, 0.25) is 0 Å².